The first kappa shape index (κ1) is 17.5. The molecule has 0 spiro atoms. The molecule has 2 aromatic carbocycles. The average Bonchev–Trinajstić information content (AvgIpc) is 2.97. The van der Waals surface area contributed by atoms with Gasteiger partial charge in [0.1, 0.15) is 5.75 Å². The molecule has 1 aliphatic heterocycles. The third-order valence-corrected chi connectivity index (χ3v) is 5.51. The van der Waals surface area contributed by atoms with E-state index >= 15 is 0 Å². The molecule has 1 atom stereocenters. The number of hydrogen-bond acceptors (Lipinski definition) is 4. The van der Waals surface area contributed by atoms with Crippen molar-refractivity contribution in [1.29, 1.82) is 0 Å². The van der Waals surface area contributed by atoms with Crippen molar-refractivity contribution in [2.75, 3.05) is 17.3 Å². The Balaban J connectivity index is 1.76. The van der Waals surface area contributed by atoms with E-state index in [0.29, 0.717) is 5.56 Å². The van der Waals surface area contributed by atoms with E-state index in [1.165, 1.54) is 0 Å². The maximum absolute atomic E-state index is 13.1. The first-order valence-electron chi connectivity index (χ1n) is 8.53. The Morgan fingerprint density at radius 2 is 1.93 bits per heavy atom. The number of rotatable bonds is 4. The van der Waals surface area contributed by atoms with Gasteiger partial charge in [0, 0.05) is 22.0 Å². The number of ether oxygens (including phenoxy) is 1. The van der Waals surface area contributed by atoms with Crippen LogP contribution in [0.1, 0.15) is 27.8 Å². The van der Waals surface area contributed by atoms with E-state index in [4.69, 9.17) is 4.74 Å². The van der Waals surface area contributed by atoms with E-state index in [-0.39, 0.29) is 12.1 Å². The largest absolute Gasteiger partial charge is 0.497 e. The zero-order chi connectivity index (χ0) is 19.0. The molecule has 136 valence electrons. The van der Waals surface area contributed by atoms with E-state index in [2.05, 4.69) is 26.2 Å². The van der Waals surface area contributed by atoms with Gasteiger partial charge >= 0.3 is 0 Å². The Morgan fingerprint density at radius 3 is 2.63 bits per heavy atom. The molecule has 1 aliphatic rings. The molecule has 0 aliphatic carbocycles. The first-order valence-corrected chi connectivity index (χ1v) is 9.33. The molecule has 6 heteroatoms. The summed E-state index contributed by atoms with van der Waals surface area (Å²) in [5, 5.41) is 3.46. The van der Waals surface area contributed by atoms with Gasteiger partial charge in [-0.15, -0.1) is 0 Å². The molecule has 1 N–H and O–H groups in total. The normalized spacial score (nSPS) is 15.6. The van der Waals surface area contributed by atoms with Gasteiger partial charge in [-0.1, -0.05) is 15.9 Å². The van der Waals surface area contributed by atoms with Crippen molar-refractivity contribution in [1.82, 2.24) is 4.98 Å². The number of hydrogen-bond donors (Lipinski definition) is 1. The Hall–Kier alpha value is -2.86. The van der Waals surface area contributed by atoms with E-state index in [1.807, 2.05) is 55.5 Å². The molecule has 0 bridgehead atoms. The maximum Gasteiger partial charge on any atom is 0.262 e. The summed E-state index contributed by atoms with van der Waals surface area (Å²) in [6.45, 7) is 2.03. The number of benzene rings is 2. The van der Waals surface area contributed by atoms with Gasteiger partial charge in [0.25, 0.3) is 5.91 Å². The van der Waals surface area contributed by atoms with Gasteiger partial charge in [-0.05, 0) is 67.1 Å². The standard InChI is InChI=1S/C21H18BrN3O2/c1-13-12-14(5-10-18(13)22)24-20-19-17(4-3-11-23-19)21(26)25(20)15-6-8-16(27-2)9-7-15/h3-12,20,24H,1-2H3/t20-/m1/s1. The smallest absolute Gasteiger partial charge is 0.262 e. The Morgan fingerprint density at radius 1 is 1.15 bits per heavy atom. The molecule has 2 heterocycles. The van der Waals surface area contributed by atoms with Gasteiger partial charge in [0.05, 0.1) is 18.4 Å². The van der Waals surface area contributed by atoms with Crippen molar-refractivity contribution in [3.8, 4) is 5.75 Å². The first-order chi connectivity index (χ1) is 13.1. The fraction of sp³-hybridized carbons (Fsp3) is 0.143. The number of carbonyl (C=O) groups is 1. The molecule has 4 rings (SSSR count). The van der Waals surface area contributed by atoms with Crippen LogP contribution in [0, 0.1) is 6.92 Å². The van der Waals surface area contributed by atoms with E-state index in [1.54, 1.807) is 24.3 Å². The van der Waals surface area contributed by atoms with Crippen LogP contribution < -0.4 is 15.0 Å². The summed E-state index contributed by atoms with van der Waals surface area (Å²) >= 11 is 3.52. The predicted octanol–water partition coefficient (Wildman–Crippen LogP) is 4.93. The molecule has 0 unspecified atom stereocenters. The van der Waals surface area contributed by atoms with E-state index < -0.39 is 0 Å². The SMILES string of the molecule is COc1ccc(N2C(=O)c3cccnc3[C@@H]2Nc2ccc(Br)c(C)c2)cc1. The highest BCUT2D eigenvalue weighted by molar-refractivity contribution is 9.10. The number of anilines is 2. The molecular formula is C21H18BrN3O2. The minimum absolute atomic E-state index is 0.0744. The third-order valence-electron chi connectivity index (χ3n) is 4.62. The number of methoxy groups -OCH3 is 1. The average molecular weight is 424 g/mol. The molecule has 27 heavy (non-hydrogen) atoms. The van der Waals surface area contributed by atoms with Crippen LogP contribution in [-0.2, 0) is 0 Å². The van der Waals surface area contributed by atoms with Crippen molar-refractivity contribution in [2.45, 2.75) is 13.1 Å². The Bertz CT molecular complexity index is 1000. The second-order valence-electron chi connectivity index (χ2n) is 6.32. The molecule has 1 amide bonds. The lowest BCUT2D eigenvalue weighted by Crippen LogP contribution is -2.32. The number of halogens is 1. The number of pyridine rings is 1. The van der Waals surface area contributed by atoms with Gasteiger partial charge in [0.2, 0.25) is 0 Å². The lowest BCUT2D eigenvalue weighted by atomic mass is 10.2. The zero-order valence-electron chi connectivity index (χ0n) is 14.9. The molecule has 0 radical (unpaired) electrons. The van der Waals surface area contributed by atoms with Crippen LogP contribution in [0.3, 0.4) is 0 Å². The molecule has 0 fully saturated rings. The fourth-order valence-electron chi connectivity index (χ4n) is 3.22. The van der Waals surface area contributed by atoms with Crippen molar-refractivity contribution < 1.29 is 9.53 Å². The minimum Gasteiger partial charge on any atom is -0.497 e. The summed E-state index contributed by atoms with van der Waals surface area (Å²) in [6, 6.07) is 17.1. The summed E-state index contributed by atoms with van der Waals surface area (Å²) in [6.07, 6.45) is 1.33. The van der Waals surface area contributed by atoms with Crippen molar-refractivity contribution in [3.05, 3.63) is 82.1 Å². The summed E-state index contributed by atoms with van der Waals surface area (Å²) in [5.41, 5.74) is 4.15. The molecular weight excluding hydrogens is 406 g/mol. The summed E-state index contributed by atoms with van der Waals surface area (Å²) < 4.78 is 6.27. The second-order valence-corrected chi connectivity index (χ2v) is 7.17. The number of nitrogens with one attached hydrogen (secondary N) is 1. The highest BCUT2D eigenvalue weighted by Gasteiger charge is 2.39. The van der Waals surface area contributed by atoms with Crippen LogP contribution in [0.4, 0.5) is 11.4 Å². The summed E-state index contributed by atoms with van der Waals surface area (Å²) in [5.74, 6) is 0.670. The van der Waals surface area contributed by atoms with Gasteiger partial charge in [-0.3, -0.25) is 14.7 Å². The minimum atomic E-state index is -0.386. The monoisotopic (exact) mass is 423 g/mol. The maximum atomic E-state index is 13.1. The number of aryl methyl sites for hydroxylation is 1. The van der Waals surface area contributed by atoms with Crippen LogP contribution in [0.5, 0.6) is 5.75 Å². The number of carbonyl (C=O) groups excluding carboxylic acids is 1. The molecule has 1 aromatic heterocycles. The number of fused-ring (bicyclic) bond motifs is 1. The third kappa shape index (κ3) is 3.17. The molecule has 3 aromatic rings. The lowest BCUT2D eigenvalue weighted by Gasteiger charge is -2.27. The lowest BCUT2D eigenvalue weighted by molar-refractivity contribution is 0.0993. The fourth-order valence-corrected chi connectivity index (χ4v) is 3.47. The predicted molar refractivity (Wildman–Crippen MR) is 109 cm³/mol. The van der Waals surface area contributed by atoms with Gasteiger partial charge in [-0.2, -0.15) is 0 Å². The second kappa shape index (κ2) is 7.04. The topological polar surface area (TPSA) is 54.5 Å². The van der Waals surface area contributed by atoms with Crippen molar-refractivity contribution >= 4 is 33.2 Å². The number of aromatic nitrogens is 1. The van der Waals surface area contributed by atoms with Gasteiger partial charge in [0.15, 0.2) is 6.17 Å². The highest BCUT2D eigenvalue weighted by Crippen LogP contribution is 2.37. The summed E-state index contributed by atoms with van der Waals surface area (Å²) in [4.78, 5) is 19.3. The van der Waals surface area contributed by atoms with Crippen LogP contribution in [0.25, 0.3) is 0 Å². The molecule has 5 nitrogen and oxygen atoms in total. The summed E-state index contributed by atoms with van der Waals surface area (Å²) in [7, 11) is 1.62. The molecule has 0 saturated heterocycles. The van der Waals surface area contributed by atoms with Crippen molar-refractivity contribution in [2.24, 2.45) is 0 Å². The van der Waals surface area contributed by atoms with Crippen molar-refractivity contribution in [3.63, 3.8) is 0 Å². The number of nitrogens with zero attached hydrogens (tertiary/aromatic N) is 2. The molecule has 0 saturated carbocycles. The quantitative estimate of drug-likeness (QED) is 0.645. The Labute approximate surface area is 166 Å². The van der Waals surface area contributed by atoms with Crippen LogP contribution in [-0.4, -0.2) is 18.0 Å². The van der Waals surface area contributed by atoms with E-state index in [9.17, 15) is 4.79 Å². The van der Waals surface area contributed by atoms with Crippen LogP contribution in [0.2, 0.25) is 0 Å². The van der Waals surface area contributed by atoms with Crippen LogP contribution in [0.15, 0.2) is 65.3 Å². The Kier molecular flexibility index (Phi) is 4.58. The van der Waals surface area contributed by atoms with Gasteiger partial charge < -0.3 is 10.1 Å². The van der Waals surface area contributed by atoms with Crippen LogP contribution >= 0.6 is 15.9 Å². The van der Waals surface area contributed by atoms with E-state index in [0.717, 1.165) is 32.9 Å². The highest BCUT2D eigenvalue weighted by atomic mass is 79.9. The zero-order valence-corrected chi connectivity index (χ0v) is 16.5. The number of amides is 1. The van der Waals surface area contributed by atoms with Gasteiger partial charge in [-0.25, -0.2) is 0 Å².